The molecule has 2 aliphatic heterocycles. The van der Waals surface area contributed by atoms with Crippen molar-refractivity contribution >= 4 is 33.8 Å². The molecule has 0 aliphatic carbocycles. The largest absolute Gasteiger partial charge is 0.391 e. The van der Waals surface area contributed by atoms with Crippen LogP contribution in [-0.2, 0) is 4.74 Å². The second-order valence-electron chi connectivity index (χ2n) is 10.3. The van der Waals surface area contributed by atoms with E-state index in [-0.39, 0.29) is 29.2 Å². The SMILES string of the molecule is [C-]#[N+]c1ccc(-c2cc(C(=O)N3CCC[C@@H](N)C3)sc2-c2cc3cn([C@H]4COCC[C@@H]4O)nc3cc2F)cc1F. The quantitative estimate of drug-likeness (QED) is 0.335. The van der Waals surface area contributed by atoms with Gasteiger partial charge in [-0.25, -0.2) is 13.6 Å². The van der Waals surface area contributed by atoms with Gasteiger partial charge in [-0.15, -0.1) is 11.3 Å². The third kappa shape index (κ3) is 4.88. The molecule has 3 N–H and O–H groups in total. The zero-order chi connectivity index (χ0) is 28.0. The third-order valence-electron chi connectivity index (χ3n) is 7.55. The Kier molecular flexibility index (Phi) is 7.10. The minimum Gasteiger partial charge on any atom is -0.391 e. The first kappa shape index (κ1) is 26.5. The number of fused-ring (bicyclic) bond motifs is 1. The van der Waals surface area contributed by atoms with Crippen LogP contribution in [0.2, 0.25) is 0 Å². The van der Waals surface area contributed by atoms with Gasteiger partial charge in [-0.1, -0.05) is 12.1 Å². The van der Waals surface area contributed by atoms with Gasteiger partial charge in [0.2, 0.25) is 5.69 Å². The molecule has 4 heterocycles. The van der Waals surface area contributed by atoms with Crippen molar-refractivity contribution in [1.82, 2.24) is 14.7 Å². The van der Waals surface area contributed by atoms with Gasteiger partial charge in [-0.2, -0.15) is 5.10 Å². The van der Waals surface area contributed by atoms with Gasteiger partial charge < -0.3 is 20.5 Å². The molecule has 11 heteroatoms. The zero-order valence-electron chi connectivity index (χ0n) is 21.5. The number of amides is 1. The monoisotopic (exact) mass is 563 g/mol. The standard InChI is InChI=1S/C29H27F2N5O3S/c1-33-23-5-4-16(10-22(23)31)19-11-27(29(38)35-7-2-3-18(32)14-35)40-28(19)20-9-17-13-36(34-24(17)12-21(20)30)25-15-39-8-6-26(25)37/h4-5,9-13,18,25-26,37H,2-3,6-8,14-15,32H2/t18-,25+,26+/m1/s1. The maximum absolute atomic E-state index is 15.7. The highest BCUT2D eigenvalue weighted by Gasteiger charge is 2.28. The van der Waals surface area contributed by atoms with E-state index in [0.717, 1.165) is 24.2 Å². The Morgan fingerprint density at radius 3 is 2.77 bits per heavy atom. The number of hydrogen-bond donors (Lipinski definition) is 2. The highest BCUT2D eigenvalue weighted by Crippen LogP contribution is 2.43. The van der Waals surface area contributed by atoms with E-state index < -0.39 is 17.7 Å². The van der Waals surface area contributed by atoms with Crippen molar-refractivity contribution in [3.8, 4) is 21.6 Å². The number of hydrogen-bond acceptors (Lipinski definition) is 6. The van der Waals surface area contributed by atoms with Crippen molar-refractivity contribution in [3.63, 3.8) is 0 Å². The molecule has 2 aromatic carbocycles. The summed E-state index contributed by atoms with van der Waals surface area (Å²) >= 11 is 1.14. The van der Waals surface area contributed by atoms with Crippen LogP contribution in [0.4, 0.5) is 14.5 Å². The van der Waals surface area contributed by atoms with Gasteiger partial charge in [0.15, 0.2) is 0 Å². The highest BCUT2D eigenvalue weighted by molar-refractivity contribution is 7.18. The van der Waals surface area contributed by atoms with Crippen LogP contribution in [0.5, 0.6) is 0 Å². The summed E-state index contributed by atoms with van der Waals surface area (Å²) in [6.45, 7) is 8.96. The van der Waals surface area contributed by atoms with Crippen molar-refractivity contribution in [2.75, 3.05) is 26.3 Å². The van der Waals surface area contributed by atoms with Gasteiger partial charge in [0.05, 0.1) is 29.7 Å². The van der Waals surface area contributed by atoms with E-state index in [1.54, 1.807) is 34.0 Å². The molecule has 0 spiro atoms. The fraction of sp³-hybridized carbons (Fsp3) is 0.345. The Bertz CT molecular complexity index is 1640. The smallest absolute Gasteiger partial charge is 0.264 e. The molecule has 8 nitrogen and oxygen atoms in total. The van der Waals surface area contributed by atoms with E-state index in [4.69, 9.17) is 17.0 Å². The minimum absolute atomic E-state index is 0.101. The van der Waals surface area contributed by atoms with Gasteiger partial charge in [-0.05, 0) is 43.0 Å². The molecule has 6 rings (SSSR count). The molecule has 4 aromatic rings. The molecule has 1 amide bonds. The summed E-state index contributed by atoms with van der Waals surface area (Å²) in [6.07, 6.45) is 3.26. The van der Waals surface area contributed by atoms with E-state index in [2.05, 4.69) is 9.94 Å². The Balaban J connectivity index is 1.46. The average Bonchev–Trinajstić information content (AvgIpc) is 3.57. The van der Waals surface area contributed by atoms with E-state index >= 15 is 4.39 Å². The number of benzene rings is 2. The first-order chi connectivity index (χ1) is 19.3. The lowest BCUT2D eigenvalue weighted by Crippen LogP contribution is -2.45. The number of thiophene rings is 1. The Morgan fingerprint density at radius 1 is 1.18 bits per heavy atom. The number of carbonyl (C=O) groups is 1. The fourth-order valence-corrected chi connectivity index (χ4v) is 6.57. The van der Waals surface area contributed by atoms with Gasteiger partial charge >= 0.3 is 0 Å². The maximum atomic E-state index is 15.7. The van der Waals surface area contributed by atoms with Crippen molar-refractivity contribution < 1.29 is 23.4 Å². The minimum atomic E-state index is -0.690. The lowest BCUT2D eigenvalue weighted by molar-refractivity contribution is -0.0327. The number of carbonyl (C=O) groups excluding carboxylic acids is 1. The van der Waals surface area contributed by atoms with Crippen molar-refractivity contribution in [3.05, 3.63) is 70.5 Å². The molecule has 0 unspecified atom stereocenters. The lowest BCUT2D eigenvalue weighted by atomic mass is 10.0. The first-order valence-corrected chi connectivity index (χ1v) is 13.9. The average molecular weight is 564 g/mol. The number of likely N-dealkylation sites (tertiary alicyclic amines) is 1. The summed E-state index contributed by atoms with van der Waals surface area (Å²) in [4.78, 5) is 19.2. The van der Waals surface area contributed by atoms with Crippen molar-refractivity contribution in [2.24, 2.45) is 5.73 Å². The molecule has 0 bridgehead atoms. The zero-order valence-corrected chi connectivity index (χ0v) is 22.3. The van der Waals surface area contributed by atoms with Crippen LogP contribution in [0.25, 0.3) is 37.3 Å². The van der Waals surface area contributed by atoms with E-state index in [0.29, 0.717) is 64.5 Å². The second-order valence-corrected chi connectivity index (χ2v) is 11.3. The van der Waals surface area contributed by atoms with Crippen LogP contribution in [-0.4, -0.2) is 64.1 Å². The molecule has 2 fully saturated rings. The van der Waals surface area contributed by atoms with E-state index in [9.17, 15) is 14.3 Å². The van der Waals surface area contributed by atoms with Crippen molar-refractivity contribution in [1.29, 1.82) is 0 Å². The predicted molar refractivity (Wildman–Crippen MR) is 148 cm³/mol. The Morgan fingerprint density at radius 2 is 2.02 bits per heavy atom. The summed E-state index contributed by atoms with van der Waals surface area (Å²) in [5.41, 5.74) is 7.58. The number of aliphatic hydroxyl groups excluding tert-OH is 1. The fourth-order valence-electron chi connectivity index (χ4n) is 5.40. The first-order valence-electron chi connectivity index (χ1n) is 13.1. The normalized spacial score (nSPS) is 21.5. The predicted octanol–water partition coefficient (Wildman–Crippen LogP) is 5.15. The topological polar surface area (TPSA) is 98.0 Å². The second kappa shape index (κ2) is 10.7. The van der Waals surface area contributed by atoms with Gasteiger partial charge in [0.25, 0.3) is 5.91 Å². The molecular weight excluding hydrogens is 536 g/mol. The maximum Gasteiger partial charge on any atom is 0.264 e. The van der Waals surface area contributed by atoms with Crippen LogP contribution in [0.3, 0.4) is 0 Å². The summed E-state index contributed by atoms with van der Waals surface area (Å²) in [5, 5.41) is 15.6. The number of ether oxygens (including phenoxy) is 1. The van der Waals surface area contributed by atoms with Crippen molar-refractivity contribution in [2.45, 2.75) is 37.5 Å². The molecular formula is C29H27F2N5O3S. The molecule has 0 radical (unpaired) electrons. The van der Waals surface area contributed by atoms with Crippen LogP contribution >= 0.6 is 11.3 Å². The molecule has 40 heavy (non-hydrogen) atoms. The van der Waals surface area contributed by atoms with Crippen LogP contribution in [0.1, 0.15) is 35.0 Å². The van der Waals surface area contributed by atoms with Gasteiger partial charge in [-0.3, -0.25) is 9.48 Å². The van der Waals surface area contributed by atoms with Crippen LogP contribution in [0.15, 0.2) is 42.6 Å². The number of aromatic nitrogens is 2. The lowest BCUT2D eigenvalue weighted by Gasteiger charge is -2.30. The Hall–Kier alpha value is -3.69. The number of halogens is 2. The van der Waals surface area contributed by atoms with Gasteiger partial charge in [0, 0.05) is 59.4 Å². The number of rotatable bonds is 4. The Labute approximate surface area is 233 Å². The summed E-state index contributed by atoms with van der Waals surface area (Å²) in [7, 11) is 0. The molecule has 2 saturated heterocycles. The van der Waals surface area contributed by atoms with Crippen LogP contribution in [0, 0.1) is 18.2 Å². The number of aliphatic hydroxyl groups is 1. The molecule has 206 valence electrons. The summed E-state index contributed by atoms with van der Waals surface area (Å²) in [5.74, 6) is -1.44. The van der Waals surface area contributed by atoms with Gasteiger partial charge in [0.1, 0.15) is 17.7 Å². The molecule has 2 aromatic heterocycles. The van der Waals surface area contributed by atoms with E-state index in [1.165, 1.54) is 18.2 Å². The number of nitrogens with zero attached hydrogens (tertiary/aromatic N) is 4. The van der Waals surface area contributed by atoms with E-state index in [1.807, 2.05) is 0 Å². The number of piperidine rings is 1. The summed E-state index contributed by atoms with van der Waals surface area (Å²) < 4.78 is 37.5. The molecule has 2 aliphatic rings. The highest BCUT2D eigenvalue weighted by atomic mass is 32.1. The summed E-state index contributed by atoms with van der Waals surface area (Å²) in [6, 6.07) is 8.39. The third-order valence-corrected chi connectivity index (χ3v) is 8.71. The molecule has 0 saturated carbocycles. The number of nitrogens with two attached hydrogens (primary N) is 1. The molecule has 3 atom stereocenters. The van der Waals surface area contributed by atoms with Crippen LogP contribution < -0.4 is 5.73 Å².